The molecule has 0 fully saturated rings. The van der Waals surface area contributed by atoms with Gasteiger partial charge in [0.1, 0.15) is 0 Å². The molecule has 0 N–H and O–H groups in total. The van der Waals surface area contributed by atoms with Gasteiger partial charge in [0.05, 0.1) is 0 Å². The molecule has 0 unspecified atom stereocenters. The third-order valence-electron chi connectivity index (χ3n) is 5.80. The molecule has 0 aromatic heterocycles. The second-order valence-corrected chi connectivity index (χ2v) is 9.51. The molecule has 0 rings (SSSR count). The lowest BCUT2D eigenvalue weighted by atomic mass is 10.0. The molecule has 0 aliphatic heterocycles. The molecule has 0 saturated heterocycles. The second kappa shape index (κ2) is 26.5. The van der Waals surface area contributed by atoms with E-state index < -0.39 is 24.4 Å². The molecule has 0 heterocycles. The highest BCUT2D eigenvalue weighted by atomic mass is 35.5. The quantitative estimate of drug-likeness (QED) is 0.0478. The van der Waals surface area contributed by atoms with Gasteiger partial charge in [0.25, 0.3) is 0 Å². The minimum Gasteiger partial charge on any atom is -0.428 e. The number of esters is 2. The Morgan fingerprint density at radius 2 is 0.583 bits per heavy atom. The van der Waals surface area contributed by atoms with Crippen molar-refractivity contribution in [1.29, 1.82) is 0 Å². The third-order valence-corrected chi connectivity index (χ3v) is 6.01. The van der Waals surface area contributed by atoms with Gasteiger partial charge < -0.3 is 18.9 Å². The molecule has 0 aromatic rings. The first-order valence-corrected chi connectivity index (χ1v) is 14.1. The number of halogens is 2. The van der Waals surface area contributed by atoms with Gasteiger partial charge >= 0.3 is 22.8 Å². The Bertz CT molecular complexity index is 536. The van der Waals surface area contributed by atoms with E-state index in [0.717, 1.165) is 38.5 Å². The Hall–Kier alpha value is -1.54. The smallest absolute Gasteiger partial charge is 0.406 e. The predicted octanol–water partition coefficient (Wildman–Crippen LogP) is 8.54. The highest BCUT2D eigenvalue weighted by molar-refractivity contribution is 6.61. The number of ether oxygens (including phenoxy) is 4. The van der Waals surface area contributed by atoms with E-state index in [-0.39, 0.29) is 11.9 Å². The van der Waals surface area contributed by atoms with E-state index in [1.807, 2.05) is 0 Å². The van der Waals surface area contributed by atoms with Crippen LogP contribution in [0.25, 0.3) is 0 Å². The summed E-state index contributed by atoms with van der Waals surface area (Å²) in [6.07, 6.45) is 21.9. The summed E-state index contributed by atoms with van der Waals surface area (Å²) in [4.78, 5) is 43.4. The Morgan fingerprint density at radius 1 is 0.361 bits per heavy atom. The maximum Gasteiger partial charge on any atom is 0.406 e. The van der Waals surface area contributed by atoms with Gasteiger partial charge in [-0.25, -0.2) is 9.59 Å². The van der Waals surface area contributed by atoms with Crippen LogP contribution in [0.1, 0.15) is 128 Å². The molecule has 10 heteroatoms. The fourth-order valence-corrected chi connectivity index (χ4v) is 3.88. The van der Waals surface area contributed by atoms with Crippen molar-refractivity contribution in [3.63, 3.8) is 0 Å². The Balaban J connectivity index is 3.17. The maximum absolute atomic E-state index is 11.4. The molecular weight excluding hydrogens is 511 g/mol. The fraction of sp³-hybridized carbons (Fsp3) is 0.846. The van der Waals surface area contributed by atoms with Gasteiger partial charge in [0.2, 0.25) is 13.6 Å². The summed E-state index contributed by atoms with van der Waals surface area (Å²) in [5, 5.41) is 0. The summed E-state index contributed by atoms with van der Waals surface area (Å²) in [6, 6.07) is 0. The average Bonchev–Trinajstić information content (AvgIpc) is 2.82. The van der Waals surface area contributed by atoms with Crippen LogP contribution in [0.3, 0.4) is 0 Å². The van der Waals surface area contributed by atoms with Crippen molar-refractivity contribution in [1.82, 2.24) is 0 Å². The molecule has 0 atom stereocenters. The van der Waals surface area contributed by atoms with Crippen LogP contribution in [0.5, 0.6) is 0 Å². The zero-order valence-electron chi connectivity index (χ0n) is 21.6. The van der Waals surface area contributed by atoms with Crippen LogP contribution in [0.15, 0.2) is 0 Å². The molecule has 0 amide bonds. The van der Waals surface area contributed by atoms with Gasteiger partial charge in [0.15, 0.2) is 0 Å². The van der Waals surface area contributed by atoms with E-state index in [4.69, 9.17) is 32.7 Å². The van der Waals surface area contributed by atoms with E-state index in [9.17, 15) is 19.2 Å². The van der Waals surface area contributed by atoms with Crippen LogP contribution < -0.4 is 0 Å². The molecule has 0 aliphatic rings. The van der Waals surface area contributed by atoms with Crippen molar-refractivity contribution >= 4 is 46.0 Å². The van der Waals surface area contributed by atoms with E-state index >= 15 is 0 Å². The first kappa shape index (κ1) is 34.5. The van der Waals surface area contributed by atoms with Crippen LogP contribution in [0.2, 0.25) is 0 Å². The zero-order valence-corrected chi connectivity index (χ0v) is 23.1. The molecule has 0 bridgehead atoms. The summed E-state index contributed by atoms with van der Waals surface area (Å²) < 4.78 is 18.1. The number of hydrogen-bond donors (Lipinski definition) is 0. The summed E-state index contributed by atoms with van der Waals surface area (Å²) >= 11 is 9.94. The molecule has 0 saturated carbocycles. The lowest BCUT2D eigenvalue weighted by molar-refractivity contribution is -0.152. The molecule has 8 nitrogen and oxygen atoms in total. The molecule has 36 heavy (non-hydrogen) atoms. The number of unbranched alkanes of at least 4 members (excludes halogenated alkanes) is 17. The number of rotatable bonds is 25. The molecule has 210 valence electrons. The van der Waals surface area contributed by atoms with E-state index in [0.29, 0.717) is 12.8 Å². The number of hydrogen-bond acceptors (Lipinski definition) is 8. The van der Waals surface area contributed by atoms with E-state index in [1.165, 1.54) is 77.0 Å². The van der Waals surface area contributed by atoms with Gasteiger partial charge in [-0.2, -0.15) is 0 Å². The fourth-order valence-electron chi connectivity index (χ4n) is 3.79. The van der Waals surface area contributed by atoms with Crippen molar-refractivity contribution in [2.24, 2.45) is 0 Å². The Kier molecular flexibility index (Phi) is 25.4. The zero-order chi connectivity index (χ0) is 26.7. The van der Waals surface area contributed by atoms with E-state index in [2.05, 4.69) is 9.47 Å². The lowest BCUT2D eigenvalue weighted by Crippen LogP contribution is -2.09. The molecule has 0 spiro atoms. The molecule has 0 radical (unpaired) electrons. The van der Waals surface area contributed by atoms with Gasteiger partial charge in [-0.1, -0.05) is 103 Å². The summed E-state index contributed by atoms with van der Waals surface area (Å²) in [6.45, 7) is -0.825. The van der Waals surface area contributed by atoms with Crippen molar-refractivity contribution in [3.05, 3.63) is 0 Å². The average molecular weight is 556 g/mol. The van der Waals surface area contributed by atoms with Crippen LogP contribution in [0, 0.1) is 0 Å². The Labute approximate surface area is 226 Å². The molecular formula is C26H44Cl2O8. The highest BCUT2D eigenvalue weighted by Crippen LogP contribution is 2.15. The first-order chi connectivity index (χ1) is 17.4. The third kappa shape index (κ3) is 28.7. The molecule has 0 aromatic carbocycles. The van der Waals surface area contributed by atoms with Crippen LogP contribution in [-0.4, -0.2) is 36.4 Å². The van der Waals surface area contributed by atoms with Crippen LogP contribution in [-0.2, 0) is 28.5 Å². The normalized spacial score (nSPS) is 10.6. The summed E-state index contributed by atoms with van der Waals surface area (Å²) in [5.74, 6) is -0.728. The van der Waals surface area contributed by atoms with Crippen molar-refractivity contribution in [2.75, 3.05) is 13.6 Å². The minimum absolute atomic E-state index is 0.343. The minimum atomic E-state index is -0.977. The summed E-state index contributed by atoms with van der Waals surface area (Å²) in [5.41, 5.74) is -1.95. The number of carbonyl (C=O) groups excluding carboxylic acids is 4. The summed E-state index contributed by atoms with van der Waals surface area (Å²) in [7, 11) is 0. The van der Waals surface area contributed by atoms with Crippen molar-refractivity contribution in [2.45, 2.75) is 128 Å². The van der Waals surface area contributed by atoms with Crippen LogP contribution >= 0.6 is 23.2 Å². The predicted molar refractivity (Wildman–Crippen MR) is 139 cm³/mol. The monoisotopic (exact) mass is 554 g/mol. The van der Waals surface area contributed by atoms with E-state index in [1.54, 1.807) is 0 Å². The largest absolute Gasteiger partial charge is 0.428 e. The SMILES string of the molecule is O=C(Cl)OCOC(=O)CCCCCCCCCCCCCCCCCCCCC(=O)OCOC(=O)Cl. The van der Waals surface area contributed by atoms with Gasteiger partial charge in [-0.15, -0.1) is 0 Å². The topological polar surface area (TPSA) is 105 Å². The van der Waals surface area contributed by atoms with Crippen molar-refractivity contribution < 1.29 is 38.1 Å². The maximum atomic E-state index is 11.4. The second-order valence-electron chi connectivity index (χ2n) is 8.90. The highest BCUT2D eigenvalue weighted by Gasteiger charge is 2.05. The number of carbonyl (C=O) groups is 4. The van der Waals surface area contributed by atoms with Gasteiger partial charge in [0, 0.05) is 36.0 Å². The Morgan fingerprint density at radius 3 is 0.806 bits per heavy atom. The first-order valence-electron chi connectivity index (χ1n) is 13.4. The van der Waals surface area contributed by atoms with Gasteiger partial charge in [-0.3, -0.25) is 9.59 Å². The van der Waals surface area contributed by atoms with Gasteiger partial charge in [-0.05, 0) is 12.8 Å². The van der Waals surface area contributed by atoms with Crippen molar-refractivity contribution in [3.8, 4) is 0 Å². The van der Waals surface area contributed by atoms with Crippen LogP contribution in [0.4, 0.5) is 9.59 Å². The standard InChI is InChI=1S/C26H44Cl2O8/c27-25(31)35-21-33-23(29)19-17-15-13-11-9-7-5-3-1-2-4-6-8-10-12-14-16-18-20-24(30)34-22-36-26(28)32/h1-22H2. The lowest BCUT2D eigenvalue weighted by Gasteiger charge is -2.05. The molecule has 0 aliphatic carbocycles.